The van der Waals surface area contributed by atoms with E-state index in [0.717, 1.165) is 11.0 Å². The number of hydrogen-bond donors (Lipinski definition) is 2. The van der Waals surface area contributed by atoms with Gasteiger partial charge in [0.25, 0.3) is 0 Å². The lowest BCUT2D eigenvalue weighted by Crippen LogP contribution is -2.31. The summed E-state index contributed by atoms with van der Waals surface area (Å²) in [7, 11) is -3.62. The first kappa shape index (κ1) is 16.4. The topological polar surface area (TPSA) is 83.5 Å². The normalized spacial score (nSPS) is 13.4. The van der Waals surface area contributed by atoms with E-state index in [9.17, 15) is 13.2 Å². The SMILES string of the molecule is CCCC(CNS(=O)(=O)C=Cc1ccccc1)C(=O)O. The molecule has 0 amide bonds. The van der Waals surface area contributed by atoms with Crippen LogP contribution in [0.1, 0.15) is 25.3 Å². The lowest BCUT2D eigenvalue weighted by atomic mass is 10.1. The molecular weight excluding hydrogens is 278 g/mol. The van der Waals surface area contributed by atoms with Gasteiger partial charge in [0.15, 0.2) is 0 Å². The molecule has 0 bridgehead atoms. The molecule has 6 heteroatoms. The molecule has 1 aromatic rings. The lowest BCUT2D eigenvalue weighted by Gasteiger charge is -2.11. The Balaban J connectivity index is 2.61. The molecule has 0 aromatic heterocycles. The first-order valence-corrected chi connectivity index (χ1v) is 7.95. The first-order chi connectivity index (χ1) is 9.44. The van der Waals surface area contributed by atoms with E-state index < -0.39 is 21.9 Å². The Morgan fingerprint density at radius 2 is 2.00 bits per heavy atom. The largest absolute Gasteiger partial charge is 0.481 e. The quantitative estimate of drug-likeness (QED) is 0.769. The van der Waals surface area contributed by atoms with Crippen molar-refractivity contribution in [1.82, 2.24) is 4.72 Å². The van der Waals surface area contributed by atoms with Crippen LogP contribution >= 0.6 is 0 Å². The van der Waals surface area contributed by atoms with E-state index in [-0.39, 0.29) is 6.54 Å². The molecule has 1 rings (SSSR count). The van der Waals surface area contributed by atoms with Gasteiger partial charge >= 0.3 is 5.97 Å². The number of sulfonamides is 1. The van der Waals surface area contributed by atoms with Crippen molar-refractivity contribution in [3.63, 3.8) is 0 Å². The minimum Gasteiger partial charge on any atom is -0.481 e. The van der Waals surface area contributed by atoms with Crippen molar-refractivity contribution in [3.8, 4) is 0 Å². The summed E-state index contributed by atoms with van der Waals surface area (Å²) in [6, 6.07) is 9.02. The zero-order chi connectivity index (χ0) is 15.0. The second-order valence-corrected chi connectivity index (χ2v) is 6.08. The molecule has 0 aliphatic rings. The zero-order valence-electron chi connectivity index (χ0n) is 11.3. The average Bonchev–Trinajstić information content (AvgIpc) is 2.42. The van der Waals surface area contributed by atoms with Gasteiger partial charge in [-0.15, -0.1) is 0 Å². The fourth-order valence-corrected chi connectivity index (χ4v) is 2.52. The summed E-state index contributed by atoms with van der Waals surface area (Å²) in [5, 5.41) is 10.0. The molecule has 0 spiro atoms. The van der Waals surface area contributed by atoms with E-state index in [2.05, 4.69) is 4.72 Å². The average molecular weight is 297 g/mol. The number of carboxylic acids is 1. The zero-order valence-corrected chi connectivity index (χ0v) is 12.1. The second kappa shape index (κ2) is 7.81. The standard InChI is InChI=1S/C14H19NO4S/c1-2-6-13(14(16)17)11-15-20(18,19)10-9-12-7-4-3-5-8-12/h3-5,7-10,13,15H,2,6,11H2,1H3,(H,16,17). The van der Waals surface area contributed by atoms with Gasteiger partial charge in [0.05, 0.1) is 5.92 Å². The number of rotatable bonds is 8. The van der Waals surface area contributed by atoms with Gasteiger partial charge in [0.2, 0.25) is 10.0 Å². The fraction of sp³-hybridized carbons (Fsp3) is 0.357. The van der Waals surface area contributed by atoms with Gasteiger partial charge in [-0.3, -0.25) is 4.79 Å². The summed E-state index contributed by atoms with van der Waals surface area (Å²) in [4.78, 5) is 10.9. The van der Waals surface area contributed by atoms with Crippen LogP contribution < -0.4 is 4.72 Å². The van der Waals surface area contributed by atoms with Crippen LogP contribution in [0.25, 0.3) is 6.08 Å². The Morgan fingerprint density at radius 3 is 2.55 bits per heavy atom. The molecule has 1 unspecified atom stereocenters. The van der Waals surface area contributed by atoms with Gasteiger partial charge in [-0.25, -0.2) is 13.1 Å². The Hall–Kier alpha value is -1.66. The second-order valence-electron chi connectivity index (χ2n) is 4.43. The van der Waals surface area contributed by atoms with E-state index in [1.807, 2.05) is 13.0 Å². The Bertz CT molecular complexity index is 552. The van der Waals surface area contributed by atoms with E-state index in [4.69, 9.17) is 5.11 Å². The number of hydrogen-bond acceptors (Lipinski definition) is 3. The molecule has 110 valence electrons. The van der Waals surface area contributed by atoms with Crippen LogP contribution in [-0.4, -0.2) is 26.0 Å². The van der Waals surface area contributed by atoms with Crippen molar-refractivity contribution < 1.29 is 18.3 Å². The van der Waals surface area contributed by atoms with Gasteiger partial charge in [0, 0.05) is 12.0 Å². The number of carboxylic acid groups (broad SMARTS) is 1. The summed E-state index contributed by atoms with van der Waals surface area (Å²) >= 11 is 0. The number of aliphatic carboxylic acids is 1. The van der Waals surface area contributed by atoms with Gasteiger partial charge in [0.1, 0.15) is 0 Å². The molecule has 2 N–H and O–H groups in total. The molecule has 0 aliphatic carbocycles. The Labute approximate surface area is 119 Å². The summed E-state index contributed by atoms with van der Waals surface area (Å²) in [5.74, 6) is -1.68. The third kappa shape index (κ3) is 5.99. The van der Waals surface area contributed by atoms with Crippen LogP contribution in [0.3, 0.4) is 0 Å². The van der Waals surface area contributed by atoms with Crippen LogP contribution in [0.4, 0.5) is 0 Å². The van der Waals surface area contributed by atoms with Gasteiger partial charge in [-0.2, -0.15) is 0 Å². The minimum atomic E-state index is -3.62. The van der Waals surface area contributed by atoms with E-state index in [1.54, 1.807) is 24.3 Å². The molecule has 0 fully saturated rings. The predicted molar refractivity (Wildman–Crippen MR) is 78.4 cm³/mol. The molecular formula is C14H19NO4S. The third-order valence-electron chi connectivity index (χ3n) is 2.76. The van der Waals surface area contributed by atoms with Crippen molar-refractivity contribution in [2.45, 2.75) is 19.8 Å². The number of carbonyl (C=O) groups is 1. The Morgan fingerprint density at radius 1 is 1.35 bits per heavy atom. The van der Waals surface area contributed by atoms with Crippen molar-refractivity contribution in [1.29, 1.82) is 0 Å². The Kier molecular flexibility index (Phi) is 6.41. The van der Waals surface area contributed by atoms with Gasteiger partial charge < -0.3 is 5.11 Å². The summed E-state index contributed by atoms with van der Waals surface area (Å²) < 4.78 is 25.8. The molecule has 1 aromatic carbocycles. The highest BCUT2D eigenvalue weighted by Crippen LogP contribution is 2.07. The molecule has 5 nitrogen and oxygen atoms in total. The maximum absolute atomic E-state index is 11.7. The minimum absolute atomic E-state index is 0.0926. The summed E-state index contributed by atoms with van der Waals surface area (Å²) in [6.45, 7) is 1.77. The van der Waals surface area contributed by atoms with Crippen LogP contribution in [0, 0.1) is 5.92 Å². The molecule has 1 atom stereocenters. The predicted octanol–water partition coefficient (Wildman–Crippen LogP) is 2.08. The fourth-order valence-electron chi connectivity index (χ4n) is 1.66. The first-order valence-electron chi connectivity index (χ1n) is 6.40. The maximum atomic E-state index is 11.7. The van der Waals surface area contributed by atoms with Gasteiger partial charge in [-0.05, 0) is 18.1 Å². The highest BCUT2D eigenvalue weighted by Gasteiger charge is 2.18. The van der Waals surface area contributed by atoms with Crippen LogP contribution in [-0.2, 0) is 14.8 Å². The van der Waals surface area contributed by atoms with Crippen molar-refractivity contribution >= 4 is 22.1 Å². The van der Waals surface area contributed by atoms with E-state index >= 15 is 0 Å². The lowest BCUT2D eigenvalue weighted by molar-refractivity contribution is -0.141. The van der Waals surface area contributed by atoms with Crippen LogP contribution in [0.5, 0.6) is 0 Å². The van der Waals surface area contributed by atoms with Crippen molar-refractivity contribution in [3.05, 3.63) is 41.3 Å². The maximum Gasteiger partial charge on any atom is 0.307 e. The summed E-state index contributed by atoms with van der Waals surface area (Å²) in [6.07, 6.45) is 2.61. The highest BCUT2D eigenvalue weighted by molar-refractivity contribution is 7.92. The number of benzene rings is 1. The third-order valence-corrected chi connectivity index (χ3v) is 3.82. The van der Waals surface area contributed by atoms with Gasteiger partial charge in [-0.1, -0.05) is 43.7 Å². The van der Waals surface area contributed by atoms with Crippen molar-refractivity contribution in [2.24, 2.45) is 5.92 Å². The van der Waals surface area contributed by atoms with Crippen LogP contribution in [0.15, 0.2) is 35.7 Å². The molecule has 0 saturated heterocycles. The molecule has 0 radical (unpaired) electrons. The number of nitrogens with one attached hydrogen (secondary N) is 1. The van der Waals surface area contributed by atoms with E-state index in [1.165, 1.54) is 6.08 Å². The molecule has 0 heterocycles. The summed E-state index contributed by atoms with van der Waals surface area (Å²) in [5.41, 5.74) is 0.765. The van der Waals surface area contributed by atoms with Crippen LogP contribution in [0.2, 0.25) is 0 Å². The smallest absolute Gasteiger partial charge is 0.307 e. The van der Waals surface area contributed by atoms with Crippen molar-refractivity contribution in [2.75, 3.05) is 6.54 Å². The molecule has 20 heavy (non-hydrogen) atoms. The monoisotopic (exact) mass is 297 g/mol. The molecule has 0 saturated carbocycles. The molecule has 0 aliphatic heterocycles. The highest BCUT2D eigenvalue weighted by atomic mass is 32.2. The van der Waals surface area contributed by atoms with E-state index in [0.29, 0.717) is 12.8 Å².